The number of H-pyrrole nitrogens is 1. The second-order valence-electron chi connectivity index (χ2n) is 5.76. The fourth-order valence-electron chi connectivity index (χ4n) is 2.71. The van der Waals surface area contributed by atoms with Crippen LogP contribution in [0.2, 0.25) is 0 Å². The molecule has 1 N–H and O–H groups in total. The van der Waals surface area contributed by atoms with Crippen LogP contribution in [0.5, 0.6) is 0 Å². The summed E-state index contributed by atoms with van der Waals surface area (Å²) in [5, 5.41) is 11.3. The van der Waals surface area contributed by atoms with Crippen molar-refractivity contribution in [2.24, 2.45) is 7.05 Å². The molecule has 23 heavy (non-hydrogen) atoms. The third kappa shape index (κ3) is 3.42. The standard InChI is InChI=1S/C15H22N6O2/c1-4-11-7-12(20(3)19-11)8-14(22)21-5-6-23-13(9-21)15-16-10(2)17-18-15/h7,13H,4-6,8-9H2,1-3H3,(H,16,17,18). The molecule has 0 saturated carbocycles. The molecule has 3 rings (SSSR count). The molecular weight excluding hydrogens is 296 g/mol. The number of nitrogens with zero attached hydrogens (tertiary/aromatic N) is 5. The summed E-state index contributed by atoms with van der Waals surface area (Å²) in [6.45, 7) is 5.47. The van der Waals surface area contributed by atoms with Crippen LogP contribution in [0.1, 0.15) is 36.1 Å². The molecule has 8 heteroatoms. The van der Waals surface area contributed by atoms with Gasteiger partial charge in [-0.25, -0.2) is 4.98 Å². The predicted octanol–water partition coefficient (Wildman–Crippen LogP) is 0.552. The van der Waals surface area contributed by atoms with Gasteiger partial charge in [0.1, 0.15) is 11.9 Å². The maximum absolute atomic E-state index is 12.6. The molecule has 0 aromatic carbocycles. The molecule has 1 atom stereocenters. The lowest BCUT2D eigenvalue weighted by Gasteiger charge is -2.31. The minimum absolute atomic E-state index is 0.0798. The molecule has 1 aliphatic heterocycles. The van der Waals surface area contributed by atoms with Gasteiger partial charge >= 0.3 is 0 Å². The molecule has 8 nitrogen and oxygen atoms in total. The zero-order chi connectivity index (χ0) is 16.4. The number of morpholine rings is 1. The predicted molar refractivity (Wildman–Crippen MR) is 82.7 cm³/mol. The Kier molecular flexibility index (Phi) is 4.42. The van der Waals surface area contributed by atoms with E-state index in [2.05, 4.69) is 27.2 Å². The molecule has 3 heterocycles. The number of amides is 1. The molecule has 0 spiro atoms. The summed E-state index contributed by atoms with van der Waals surface area (Å²) < 4.78 is 7.48. The fourth-order valence-corrected chi connectivity index (χ4v) is 2.71. The summed E-state index contributed by atoms with van der Waals surface area (Å²) in [6.07, 6.45) is 0.949. The van der Waals surface area contributed by atoms with Crippen molar-refractivity contribution in [2.45, 2.75) is 32.8 Å². The largest absolute Gasteiger partial charge is 0.366 e. The number of carbonyl (C=O) groups excluding carboxylic acids is 1. The number of aromatic amines is 1. The first-order valence-corrected chi connectivity index (χ1v) is 7.87. The number of carbonyl (C=O) groups is 1. The van der Waals surface area contributed by atoms with Crippen molar-refractivity contribution in [3.05, 3.63) is 29.1 Å². The molecule has 124 valence electrons. The van der Waals surface area contributed by atoms with Crippen LogP contribution in [0.4, 0.5) is 0 Å². The first kappa shape index (κ1) is 15.7. The molecule has 2 aromatic rings. The Balaban J connectivity index is 1.66. The number of ether oxygens (including phenoxy) is 1. The Morgan fingerprint density at radius 3 is 3.00 bits per heavy atom. The highest BCUT2D eigenvalue weighted by molar-refractivity contribution is 5.78. The smallest absolute Gasteiger partial charge is 0.228 e. The van der Waals surface area contributed by atoms with E-state index >= 15 is 0 Å². The lowest BCUT2D eigenvalue weighted by Crippen LogP contribution is -2.43. The Labute approximate surface area is 134 Å². The number of nitrogens with one attached hydrogen (secondary N) is 1. The van der Waals surface area contributed by atoms with Gasteiger partial charge in [0.25, 0.3) is 0 Å². The molecule has 1 amide bonds. The van der Waals surface area contributed by atoms with Crippen LogP contribution >= 0.6 is 0 Å². The average Bonchev–Trinajstić information content (AvgIpc) is 3.14. The van der Waals surface area contributed by atoms with Crippen LogP contribution in [0, 0.1) is 6.92 Å². The molecular formula is C15H22N6O2. The Bertz CT molecular complexity index is 692. The SMILES string of the molecule is CCc1cc(CC(=O)N2CCOC(c3n[nH]c(C)n3)C2)n(C)n1. The molecule has 0 bridgehead atoms. The summed E-state index contributed by atoms with van der Waals surface area (Å²) in [4.78, 5) is 18.7. The van der Waals surface area contributed by atoms with E-state index < -0.39 is 0 Å². The minimum Gasteiger partial charge on any atom is -0.366 e. The molecule has 1 unspecified atom stereocenters. The Morgan fingerprint density at radius 2 is 2.35 bits per heavy atom. The zero-order valence-electron chi connectivity index (χ0n) is 13.7. The van der Waals surface area contributed by atoms with Crippen LogP contribution in [0.25, 0.3) is 0 Å². The molecule has 1 aliphatic rings. The van der Waals surface area contributed by atoms with Gasteiger partial charge in [-0.15, -0.1) is 0 Å². The van der Waals surface area contributed by atoms with Gasteiger partial charge in [-0.05, 0) is 19.4 Å². The Hall–Kier alpha value is -2.22. The van der Waals surface area contributed by atoms with E-state index in [-0.39, 0.29) is 12.0 Å². The molecule has 1 saturated heterocycles. The van der Waals surface area contributed by atoms with E-state index in [0.717, 1.165) is 23.6 Å². The van der Waals surface area contributed by atoms with E-state index in [0.29, 0.717) is 31.9 Å². The normalized spacial score (nSPS) is 18.4. The van der Waals surface area contributed by atoms with Gasteiger partial charge in [0.15, 0.2) is 5.82 Å². The van der Waals surface area contributed by atoms with E-state index in [9.17, 15) is 4.79 Å². The van der Waals surface area contributed by atoms with Crippen LogP contribution in [-0.4, -0.2) is 55.5 Å². The van der Waals surface area contributed by atoms with Crippen molar-refractivity contribution in [1.82, 2.24) is 29.9 Å². The number of aryl methyl sites for hydroxylation is 3. The summed E-state index contributed by atoms with van der Waals surface area (Å²) in [7, 11) is 1.88. The molecule has 0 radical (unpaired) electrons. The number of rotatable bonds is 4. The van der Waals surface area contributed by atoms with Crippen LogP contribution < -0.4 is 0 Å². The van der Waals surface area contributed by atoms with Gasteiger partial charge in [-0.1, -0.05) is 6.92 Å². The van der Waals surface area contributed by atoms with E-state index in [1.54, 1.807) is 4.68 Å². The third-order valence-electron chi connectivity index (χ3n) is 4.04. The monoisotopic (exact) mass is 318 g/mol. The second-order valence-corrected chi connectivity index (χ2v) is 5.76. The van der Waals surface area contributed by atoms with Crippen molar-refractivity contribution < 1.29 is 9.53 Å². The molecule has 0 aliphatic carbocycles. The topological polar surface area (TPSA) is 88.9 Å². The van der Waals surface area contributed by atoms with E-state index in [4.69, 9.17) is 4.74 Å². The zero-order valence-corrected chi connectivity index (χ0v) is 13.7. The third-order valence-corrected chi connectivity index (χ3v) is 4.04. The lowest BCUT2D eigenvalue weighted by atomic mass is 10.2. The summed E-state index contributed by atoms with van der Waals surface area (Å²) in [5.41, 5.74) is 1.94. The maximum atomic E-state index is 12.6. The van der Waals surface area contributed by atoms with Crippen molar-refractivity contribution in [1.29, 1.82) is 0 Å². The van der Waals surface area contributed by atoms with Crippen LogP contribution in [0.15, 0.2) is 6.07 Å². The van der Waals surface area contributed by atoms with Gasteiger partial charge in [0.05, 0.1) is 25.3 Å². The summed E-state index contributed by atoms with van der Waals surface area (Å²) >= 11 is 0. The minimum atomic E-state index is -0.268. The van der Waals surface area contributed by atoms with Crippen molar-refractivity contribution in [3.8, 4) is 0 Å². The van der Waals surface area contributed by atoms with Crippen molar-refractivity contribution >= 4 is 5.91 Å². The number of hydrogen-bond donors (Lipinski definition) is 1. The summed E-state index contributed by atoms with van der Waals surface area (Å²) in [5.74, 6) is 1.43. The van der Waals surface area contributed by atoms with Gasteiger partial charge in [-0.2, -0.15) is 10.2 Å². The first-order valence-electron chi connectivity index (χ1n) is 7.87. The lowest BCUT2D eigenvalue weighted by molar-refractivity contribution is -0.138. The first-order chi connectivity index (χ1) is 11.1. The Morgan fingerprint density at radius 1 is 1.52 bits per heavy atom. The summed E-state index contributed by atoms with van der Waals surface area (Å²) in [6, 6.07) is 1.99. The highest BCUT2D eigenvalue weighted by Crippen LogP contribution is 2.20. The molecule has 1 fully saturated rings. The highest BCUT2D eigenvalue weighted by atomic mass is 16.5. The highest BCUT2D eigenvalue weighted by Gasteiger charge is 2.28. The van der Waals surface area contributed by atoms with E-state index in [1.165, 1.54) is 0 Å². The maximum Gasteiger partial charge on any atom is 0.228 e. The quantitative estimate of drug-likeness (QED) is 0.889. The van der Waals surface area contributed by atoms with Gasteiger partial charge in [0, 0.05) is 19.3 Å². The number of hydrogen-bond acceptors (Lipinski definition) is 5. The average molecular weight is 318 g/mol. The van der Waals surface area contributed by atoms with Gasteiger partial charge < -0.3 is 9.64 Å². The van der Waals surface area contributed by atoms with Crippen LogP contribution in [0.3, 0.4) is 0 Å². The van der Waals surface area contributed by atoms with Crippen molar-refractivity contribution in [2.75, 3.05) is 19.7 Å². The van der Waals surface area contributed by atoms with E-state index in [1.807, 2.05) is 24.9 Å². The van der Waals surface area contributed by atoms with Crippen LogP contribution in [-0.2, 0) is 29.4 Å². The van der Waals surface area contributed by atoms with Gasteiger partial charge in [0.2, 0.25) is 5.91 Å². The van der Waals surface area contributed by atoms with Gasteiger partial charge in [-0.3, -0.25) is 14.6 Å². The second kappa shape index (κ2) is 6.49. The fraction of sp³-hybridized carbons (Fsp3) is 0.600. The molecule has 2 aromatic heterocycles. The number of aromatic nitrogens is 5. The van der Waals surface area contributed by atoms with Crippen molar-refractivity contribution in [3.63, 3.8) is 0 Å².